The van der Waals surface area contributed by atoms with E-state index in [2.05, 4.69) is 6.07 Å². The number of hydrogen-bond donors (Lipinski definition) is 0. The second kappa shape index (κ2) is 1.73. The Balaban J connectivity index is 2.43. The van der Waals surface area contributed by atoms with E-state index in [9.17, 15) is 4.79 Å². The van der Waals surface area contributed by atoms with Crippen molar-refractivity contribution in [1.82, 2.24) is 4.90 Å². The lowest BCUT2D eigenvalue weighted by Gasteiger charge is -2.40. The van der Waals surface area contributed by atoms with Crippen LogP contribution in [-0.2, 0) is 4.79 Å². The SMILES string of the molecule is CC1(C#N)CN(C=O)C1. The topological polar surface area (TPSA) is 44.1 Å². The highest BCUT2D eigenvalue weighted by Crippen LogP contribution is 2.26. The average molecular weight is 124 g/mol. The molecule has 1 aliphatic rings. The van der Waals surface area contributed by atoms with Crippen molar-refractivity contribution in [2.75, 3.05) is 13.1 Å². The van der Waals surface area contributed by atoms with Gasteiger partial charge >= 0.3 is 0 Å². The summed E-state index contributed by atoms with van der Waals surface area (Å²) in [4.78, 5) is 11.6. The van der Waals surface area contributed by atoms with Gasteiger partial charge in [0.1, 0.15) is 0 Å². The van der Waals surface area contributed by atoms with Crippen LogP contribution in [-0.4, -0.2) is 24.4 Å². The van der Waals surface area contributed by atoms with E-state index < -0.39 is 0 Å². The predicted molar refractivity (Wildman–Crippen MR) is 31.4 cm³/mol. The molecule has 48 valence electrons. The predicted octanol–water partition coefficient (Wildman–Crippen LogP) is -0.0117. The Morgan fingerprint density at radius 1 is 1.78 bits per heavy atom. The first-order chi connectivity index (χ1) is 4.20. The van der Waals surface area contributed by atoms with Gasteiger partial charge in [0, 0.05) is 13.1 Å². The second-order valence-corrected chi connectivity index (χ2v) is 2.68. The summed E-state index contributed by atoms with van der Waals surface area (Å²) in [6.45, 7) is 3.03. The minimum Gasteiger partial charge on any atom is -0.342 e. The molecule has 0 unspecified atom stereocenters. The van der Waals surface area contributed by atoms with Crippen molar-refractivity contribution >= 4 is 6.41 Å². The summed E-state index contributed by atoms with van der Waals surface area (Å²) in [5.41, 5.74) is -0.263. The molecule has 1 saturated heterocycles. The molecule has 0 radical (unpaired) electrons. The van der Waals surface area contributed by atoms with Crippen LogP contribution in [0.2, 0.25) is 0 Å². The Kier molecular flexibility index (Phi) is 1.17. The largest absolute Gasteiger partial charge is 0.342 e. The lowest BCUT2D eigenvalue weighted by atomic mass is 9.84. The van der Waals surface area contributed by atoms with E-state index in [1.807, 2.05) is 6.92 Å². The quantitative estimate of drug-likeness (QED) is 0.461. The zero-order valence-corrected chi connectivity index (χ0v) is 5.29. The van der Waals surface area contributed by atoms with E-state index in [0.717, 1.165) is 6.41 Å². The van der Waals surface area contributed by atoms with Gasteiger partial charge in [0.05, 0.1) is 11.5 Å². The molecule has 0 aromatic heterocycles. The summed E-state index contributed by atoms with van der Waals surface area (Å²) in [6, 6.07) is 2.14. The lowest BCUT2D eigenvalue weighted by molar-refractivity contribution is -0.125. The van der Waals surface area contributed by atoms with Crippen molar-refractivity contribution < 1.29 is 4.79 Å². The van der Waals surface area contributed by atoms with Crippen molar-refractivity contribution in [2.45, 2.75) is 6.92 Å². The van der Waals surface area contributed by atoms with Crippen LogP contribution in [0.15, 0.2) is 0 Å². The zero-order chi connectivity index (χ0) is 6.91. The third-order valence-corrected chi connectivity index (χ3v) is 1.52. The Morgan fingerprint density at radius 2 is 2.33 bits per heavy atom. The molecule has 0 aromatic rings. The molecular weight excluding hydrogens is 116 g/mol. The second-order valence-electron chi connectivity index (χ2n) is 2.68. The van der Waals surface area contributed by atoms with E-state index in [1.165, 1.54) is 0 Å². The first kappa shape index (κ1) is 6.09. The van der Waals surface area contributed by atoms with E-state index in [-0.39, 0.29) is 5.41 Å². The highest BCUT2D eigenvalue weighted by molar-refractivity contribution is 5.50. The van der Waals surface area contributed by atoms with Gasteiger partial charge in [-0.05, 0) is 6.92 Å². The van der Waals surface area contributed by atoms with Crippen LogP contribution < -0.4 is 0 Å². The molecule has 1 aliphatic heterocycles. The number of likely N-dealkylation sites (tertiary alicyclic amines) is 1. The summed E-state index contributed by atoms with van der Waals surface area (Å²) < 4.78 is 0. The van der Waals surface area contributed by atoms with E-state index in [1.54, 1.807) is 4.90 Å². The van der Waals surface area contributed by atoms with Gasteiger partial charge in [-0.2, -0.15) is 5.26 Å². The molecule has 0 bridgehead atoms. The fraction of sp³-hybridized carbons (Fsp3) is 0.667. The minimum atomic E-state index is -0.263. The van der Waals surface area contributed by atoms with E-state index in [0.29, 0.717) is 13.1 Å². The first-order valence-electron chi connectivity index (χ1n) is 2.81. The number of nitriles is 1. The van der Waals surface area contributed by atoms with Crippen LogP contribution in [0.4, 0.5) is 0 Å². The van der Waals surface area contributed by atoms with Gasteiger partial charge in [-0.15, -0.1) is 0 Å². The molecule has 0 saturated carbocycles. The highest BCUT2D eigenvalue weighted by atomic mass is 16.1. The third-order valence-electron chi connectivity index (χ3n) is 1.52. The molecule has 0 N–H and O–H groups in total. The van der Waals surface area contributed by atoms with Crippen molar-refractivity contribution in [1.29, 1.82) is 5.26 Å². The van der Waals surface area contributed by atoms with Crippen LogP contribution in [0.1, 0.15) is 6.92 Å². The van der Waals surface area contributed by atoms with Gasteiger partial charge in [0.2, 0.25) is 6.41 Å². The molecule has 3 heteroatoms. The number of rotatable bonds is 1. The van der Waals surface area contributed by atoms with Crippen LogP contribution in [0.3, 0.4) is 0 Å². The van der Waals surface area contributed by atoms with Gasteiger partial charge in [-0.3, -0.25) is 4.79 Å². The zero-order valence-electron chi connectivity index (χ0n) is 5.29. The van der Waals surface area contributed by atoms with Crippen LogP contribution in [0.5, 0.6) is 0 Å². The fourth-order valence-electron chi connectivity index (χ4n) is 0.995. The maximum absolute atomic E-state index is 10.0. The van der Waals surface area contributed by atoms with Gasteiger partial charge in [-0.25, -0.2) is 0 Å². The molecular formula is C6H8N2O. The minimum absolute atomic E-state index is 0.263. The lowest BCUT2D eigenvalue weighted by Crippen LogP contribution is -2.52. The summed E-state index contributed by atoms with van der Waals surface area (Å²) in [5, 5.41) is 8.47. The molecule has 9 heavy (non-hydrogen) atoms. The first-order valence-corrected chi connectivity index (χ1v) is 2.81. The smallest absolute Gasteiger partial charge is 0.209 e. The highest BCUT2D eigenvalue weighted by Gasteiger charge is 2.37. The monoisotopic (exact) mass is 124 g/mol. The van der Waals surface area contributed by atoms with Crippen LogP contribution in [0.25, 0.3) is 0 Å². The van der Waals surface area contributed by atoms with Crippen LogP contribution >= 0.6 is 0 Å². The molecule has 0 atom stereocenters. The molecule has 0 aliphatic carbocycles. The van der Waals surface area contributed by atoms with Gasteiger partial charge in [0.15, 0.2) is 0 Å². The number of hydrogen-bond acceptors (Lipinski definition) is 2. The Morgan fingerprint density at radius 3 is 2.67 bits per heavy atom. The number of amides is 1. The number of carbonyl (C=O) groups is 1. The van der Waals surface area contributed by atoms with Crippen molar-refractivity contribution in [3.8, 4) is 6.07 Å². The Hall–Kier alpha value is -1.04. The third kappa shape index (κ3) is 0.879. The summed E-state index contributed by atoms with van der Waals surface area (Å²) >= 11 is 0. The van der Waals surface area contributed by atoms with E-state index >= 15 is 0 Å². The standard InChI is InChI=1S/C6H8N2O/c1-6(2-7)3-8(4-6)5-9/h5H,3-4H2,1H3. The average Bonchev–Trinajstić information content (AvgIpc) is 1.81. The van der Waals surface area contributed by atoms with Gasteiger partial charge in [-0.1, -0.05) is 0 Å². The number of carbonyl (C=O) groups excluding carboxylic acids is 1. The van der Waals surface area contributed by atoms with Crippen molar-refractivity contribution in [2.24, 2.45) is 5.41 Å². The molecule has 0 aromatic carbocycles. The van der Waals surface area contributed by atoms with Crippen LogP contribution in [0, 0.1) is 16.7 Å². The van der Waals surface area contributed by atoms with E-state index in [4.69, 9.17) is 5.26 Å². The van der Waals surface area contributed by atoms with Gasteiger partial charge in [0.25, 0.3) is 0 Å². The number of nitrogens with zero attached hydrogens (tertiary/aromatic N) is 2. The normalized spacial score (nSPS) is 22.0. The molecule has 1 rings (SSSR count). The van der Waals surface area contributed by atoms with Crippen molar-refractivity contribution in [3.05, 3.63) is 0 Å². The molecule has 3 nitrogen and oxygen atoms in total. The molecule has 1 heterocycles. The maximum Gasteiger partial charge on any atom is 0.209 e. The molecule has 1 fully saturated rings. The molecule has 1 amide bonds. The Bertz CT molecular complexity index is 164. The summed E-state index contributed by atoms with van der Waals surface area (Å²) in [6.07, 6.45) is 0.777. The maximum atomic E-state index is 10.0. The van der Waals surface area contributed by atoms with Crippen molar-refractivity contribution in [3.63, 3.8) is 0 Å². The molecule has 0 spiro atoms. The fourth-order valence-corrected chi connectivity index (χ4v) is 0.995. The summed E-state index contributed by atoms with van der Waals surface area (Å²) in [7, 11) is 0. The summed E-state index contributed by atoms with van der Waals surface area (Å²) in [5.74, 6) is 0. The Labute approximate surface area is 53.9 Å². The van der Waals surface area contributed by atoms with Gasteiger partial charge < -0.3 is 4.90 Å².